The SMILES string of the molecule is C[C@H](NC(=O)N[C@H]1CCCN(c2ncccn2)C1)c1ccc2c(c1)OCO2. The zero-order valence-corrected chi connectivity index (χ0v) is 15.2. The van der Waals surface area contributed by atoms with Crippen LogP contribution < -0.4 is 25.0 Å². The zero-order chi connectivity index (χ0) is 18.6. The normalized spacial score (nSPS) is 19.4. The molecule has 4 rings (SSSR count). The van der Waals surface area contributed by atoms with E-state index in [4.69, 9.17) is 9.47 Å². The van der Waals surface area contributed by atoms with Crippen LogP contribution in [0.25, 0.3) is 0 Å². The van der Waals surface area contributed by atoms with Crippen LogP contribution in [0.5, 0.6) is 11.5 Å². The second kappa shape index (κ2) is 7.69. The highest BCUT2D eigenvalue weighted by Crippen LogP contribution is 2.34. The first kappa shape index (κ1) is 17.4. The number of hydrogen-bond acceptors (Lipinski definition) is 6. The molecule has 2 atom stereocenters. The van der Waals surface area contributed by atoms with Gasteiger partial charge in [0, 0.05) is 31.5 Å². The van der Waals surface area contributed by atoms with E-state index in [2.05, 4.69) is 25.5 Å². The van der Waals surface area contributed by atoms with E-state index in [0.29, 0.717) is 18.2 Å². The molecule has 1 saturated heterocycles. The third-order valence-electron chi connectivity index (χ3n) is 4.84. The topological polar surface area (TPSA) is 88.6 Å². The number of benzene rings is 1. The van der Waals surface area contributed by atoms with Crippen LogP contribution in [0.3, 0.4) is 0 Å². The van der Waals surface area contributed by atoms with Crippen LogP contribution in [0.2, 0.25) is 0 Å². The van der Waals surface area contributed by atoms with Crippen molar-refractivity contribution >= 4 is 12.0 Å². The number of ether oxygens (including phenoxy) is 2. The van der Waals surface area contributed by atoms with Crippen molar-refractivity contribution in [3.63, 3.8) is 0 Å². The number of carbonyl (C=O) groups excluding carboxylic acids is 1. The summed E-state index contributed by atoms with van der Waals surface area (Å²) in [6.07, 6.45) is 5.40. The summed E-state index contributed by atoms with van der Waals surface area (Å²) in [6.45, 7) is 3.79. The lowest BCUT2D eigenvalue weighted by Crippen LogP contribution is -2.51. The van der Waals surface area contributed by atoms with Gasteiger partial charge in [-0.15, -0.1) is 0 Å². The van der Waals surface area contributed by atoms with E-state index in [9.17, 15) is 4.79 Å². The molecule has 0 aliphatic carbocycles. The first-order valence-electron chi connectivity index (χ1n) is 9.17. The summed E-state index contributed by atoms with van der Waals surface area (Å²) in [5, 5.41) is 6.06. The fraction of sp³-hybridized carbons (Fsp3) is 0.421. The minimum atomic E-state index is -0.180. The van der Waals surface area contributed by atoms with E-state index < -0.39 is 0 Å². The van der Waals surface area contributed by atoms with Crippen LogP contribution in [-0.2, 0) is 0 Å². The highest BCUT2D eigenvalue weighted by atomic mass is 16.7. The Hall–Kier alpha value is -3.03. The molecule has 27 heavy (non-hydrogen) atoms. The van der Waals surface area contributed by atoms with Gasteiger partial charge in [-0.2, -0.15) is 0 Å². The molecule has 3 heterocycles. The highest BCUT2D eigenvalue weighted by Gasteiger charge is 2.24. The van der Waals surface area contributed by atoms with E-state index in [1.807, 2.05) is 25.1 Å². The van der Waals surface area contributed by atoms with Gasteiger partial charge in [0.15, 0.2) is 11.5 Å². The minimum absolute atomic E-state index is 0.0616. The summed E-state index contributed by atoms with van der Waals surface area (Å²) in [5.74, 6) is 2.16. The summed E-state index contributed by atoms with van der Waals surface area (Å²) in [7, 11) is 0. The summed E-state index contributed by atoms with van der Waals surface area (Å²) >= 11 is 0. The molecule has 2 amide bonds. The van der Waals surface area contributed by atoms with Crippen molar-refractivity contribution in [1.82, 2.24) is 20.6 Å². The molecule has 2 aromatic rings. The van der Waals surface area contributed by atoms with E-state index in [0.717, 1.165) is 30.7 Å². The van der Waals surface area contributed by atoms with Gasteiger partial charge in [0.25, 0.3) is 0 Å². The Balaban J connectivity index is 1.32. The number of carbonyl (C=O) groups is 1. The van der Waals surface area contributed by atoms with Gasteiger partial charge < -0.3 is 25.0 Å². The summed E-state index contributed by atoms with van der Waals surface area (Å²) in [4.78, 5) is 23.1. The third kappa shape index (κ3) is 4.05. The molecule has 1 aromatic carbocycles. The minimum Gasteiger partial charge on any atom is -0.454 e. The second-order valence-electron chi connectivity index (χ2n) is 6.79. The first-order valence-corrected chi connectivity index (χ1v) is 9.17. The number of fused-ring (bicyclic) bond motifs is 1. The highest BCUT2D eigenvalue weighted by molar-refractivity contribution is 5.75. The molecule has 0 radical (unpaired) electrons. The number of urea groups is 1. The van der Waals surface area contributed by atoms with Crippen molar-refractivity contribution in [2.24, 2.45) is 0 Å². The maximum atomic E-state index is 12.4. The number of nitrogens with one attached hydrogen (secondary N) is 2. The number of amides is 2. The van der Waals surface area contributed by atoms with Gasteiger partial charge in [0.1, 0.15) is 0 Å². The van der Waals surface area contributed by atoms with Crippen molar-refractivity contribution in [1.29, 1.82) is 0 Å². The average Bonchev–Trinajstić information content (AvgIpc) is 3.16. The lowest BCUT2D eigenvalue weighted by molar-refractivity contribution is 0.174. The molecule has 2 aliphatic heterocycles. The number of piperidine rings is 1. The monoisotopic (exact) mass is 369 g/mol. The molecule has 0 unspecified atom stereocenters. The van der Waals surface area contributed by atoms with Crippen LogP contribution in [0.15, 0.2) is 36.7 Å². The van der Waals surface area contributed by atoms with E-state index in [1.165, 1.54) is 0 Å². The smallest absolute Gasteiger partial charge is 0.315 e. The molecule has 2 N–H and O–H groups in total. The maximum Gasteiger partial charge on any atom is 0.315 e. The number of nitrogens with zero attached hydrogens (tertiary/aromatic N) is 3. The number of anilines is 1. The zero-order valence-electron chi connectivity index (χ0n) is 15.2. The number of rotatable bonds is 4. The average molecular weight is 369 g/mol. The van der Waals surface area contributed by atoms with Crippen LogP contribution in [0, 0.1) is 0 Å². The Morgan fingerprint density at radius 1 is 1.26 bits per heavy atom. The molecule has 1 fully saturated rings. The van der Waals surface area contributed by atoms with Crippen LogP contribution >= 0.6 is 0 Å². The molecule has 8 nitrogen and oxygen atoms in total. The molecule has 8 heteroatoms. The molecular weight excluding hydrogens is 346 g/mol. The standard InChI is InChI=1S/C19H23N5O3/c1-13(14-5-6-16-17(10-14)27-12-26-16)22-19(25)23-15-4-2-9-24(11-15)18-20-7-3-8-21-18/h3,5-8,10,13,15H,2,4,9,11-12H2,1H3,(H2,22,23,25)/t13-,15-/m0/s1. The summed E-state index contributed by atoms with van der Waals surface area (Å²) < 4.78 is 10.7. The fourth-order valence-corrected chi connectivity index (χ4v) is 3.42. The van der Waals surface area contributed by atoms with Crippen molar-refractivity contribution < 1.29 is 14.3 Å². The van der Waals surface area contributed by atoms with Gasteiger partial charge in [-0.25, -0.2) is 14.8 Å². The van der Waals surface area contributed by atoms with Gasteiger partial charge in [0.05, 0.1) is 6.04 Å². The van der Waals surface area contributed by atoms with E-state index in [1.54, 1.807) is 18.5 Å². The number of hydrogen-bond donors (Lipinski definition) is 2. The molecule has 1 aromatic heterocycles. The molecule has 2 aliphatic rings. The van der Waals surface area contributed by atoms with Gasteiger partial charge in [-0.05, 0) is 43.5 Å². The third-order valence-corrected chi connectivity index (χ3v) is 4.84. The van der Waals surface area contributed by atoms with Crippen LogP contribution in [0.1, 0.15) is 31.4 Å². The first-order chi connectivity index (χ1) is 13.2. The largest absolute Gasteiger partial charge is 0.454 e. The van der Waals surface area contributed by atoms with Gasteiger partial charge >= 0.3 is 6.03 Å². The molecule has 0 saturated carbocycles. The summed E-state index contributed by atoms with van der Waals surface area (Å²) in [6, 6.07) is 7.25. The Kier molecular flexibility index (Phi) is 4.95. The Bertz CT molecular complexity index is 801. The Morgan fingerprint density at radius 2 is 2.07 bits per heavy atom. The quantitative estimate of drug-likeness (QED) is 0.859. The van der Waals surface area contributed by atoms with Gasteiger partial charge in [0.2, 0.25) is 12.7 Å². The lowest BCUT2D eigenvalue weighted by atomic mass is 10.1. The lowest BCUT2D eigenvalue weighted by Gasteiger charge is -2.33. The number of aromatic nitrogens is 2. The Morgan fingerprint density at radius 3 is 2.93 bits per heavy atom. The van der Waals surface area contributed by atoms with Crippen LogP contribution in [0.4, 0.5) is 10.7 Å². The van der Waals surface area contributed by atoms with Gasteiger partial charge in [-0.1, -0.05) is 6.07 Å². The van der Waals surface area contributed by atoms with Crippen molar-refractivity contribution in [2.75, 3.05) is 24.8 Å². The molecule has 0 spiro atoms. The van der Waals surface area contributed by atoms with Crippen molar-refractivity contribution in [3.05, 3.63) is 42.2 Å². The van der Waals surface area contributed by atoms with E-state index in [-0.39, 0.29) is 24.9 Å². The maximum absolute atomic E-state index is 12.4. The van der Waals surface area contributed by atoms with E-state index >= 15 is 0 Å². The van der Waals surface area contributed by atoms with Crippen molar-refractivity contribution in [2.45, 2.75) is 31.8 Å². The predicted molar refractivity (Wildman–Crippen MR) is 99.9 cm³/mol. The molecular formula is C19H23N5O3. The van der Waals surface area contributed by atoms with Crippen LogP contribution in [-0.4, -0.2) is 41.9 Å². The fourth-order valence-electron chi connectivity index (χ4n) is 3.42. The summed E-state index contributed by atoms with van der Waals surface area (Å²) in [5.41, 5.74) is 0.970. The molecule has 142 valence electrons. The van der Waals surface area contributed by atoms with Crippen molar-refractivity contribution in [3.8, 4) is 11.5 Å². The second-order valence-corrected chi connectivity index (χ2v) is 6.79. The molecule has 0 bridgehead atoms. The Labute approximate surface area is 157 Å². The van der Waals surface area contributed by atoms with Gasteiger partial charge in [-0.3, -0.25) is 0 Å². The predicted octanol–water partition coefficient (Wildman–Crippen LogP) is 2.23.